The molecule has 1 aliphatic heterocycles. The third-order valence-corrected chi connectivity index (χ3v) is 5.28. The summed E-state index contributed by atoms with van der Waals surface area (Å²) in [5.74, 6) is 1.36. The van der Waals surface area contributed by atoms with E-state index in [1.165, 1.54) is 16.8 Å². The molecule has 1 fully saturated rings. The number of likely N-dealkylation sites (tertiary alicyclic amines) is 1. The fraction of sp³-hybridized carbons (Fsp3) is 0.333. The first-order valence-electron chi connectivity index (χ1n) is 9.52. The van der Waals surface area contributed by atoms with Crippen LogP contribution in [0.4, 0.5) is 0 Å². The van der Waals surface area contributed by atoms with Gasteiger partial charge in [-0.05, 0) is 24.8 Å². The van der Waals surface area contributed by atoms with Crippen LogP contribution < -0.4 is 5.56 Å². The molecular formula is C21H23N5O2. The molecule has 4 rings (SSSR count). The Labute approximate surface area is 163 Å². The van der Waals surface area contributed by atoms with E-state index in [2.05, 4.69) is 26.8 Å². The lowest BCUT2D eigenvalue weighted by Gasteiger charge is -2.32. The molecule has 7 heteroatoms. The highest BCUT2D eigenvalue weighted by atomic mass is 16.2. The number of benzene rings is 1. The van der Waals surface area contributed by atoms with Crippen molar-refractivity contribution in [3.05, 3.63) is 70.9 Å². The van der Waals surface area contributed by atoms with Gasteiger partial charge in [-0.3, -0.25) is 9.59 Å². The average molecular weight is 377 g/mol. The Morgan fingerprint density at radius 1 is 1.11 bits per heavy atom. The maximum absolute atomic E-state index is 12.7. The van der Waals surface area contributed by atoms with Crippen LogP contribution in [0.1, 0.15) is 23.3 Å². The number of hydrogen-bond donors (Lipinski definition) is 0. The van der Waals surface area contributed by atoms with E-state index in [0.717, 1.165) is 30.8 Å². The molecule has 0 unspecified atom stereocenters. The zero-order chi connectivity index (χ0) is 19.5. The molecule has 7 nitrogen and oxygen atoms in total. The summed E-state index contributed by atoms with van der Waals surface area (Å²) >= 11 is 0. The maximum atomic E-state index is 12.7. The van der Waals surface area contributed by atoms with Crippen LogP contribution in [0.25, 0.3) is 11.4 Å². The van der Waals surface area contributed by atoms with Gasteiger partial charge in [-0.2, -0.15) is 5.10 Å². The summed E-state index contributed by atoms with van der Waals surface area (Å²) < 4.78 is 3.40. The van der Waals surface area contributed by atoms with Gasteiger partial charge in [0, 0.05) is 50.7 Å². The second kappa shape index (κ2) is 7.80. The topological polar surface area (TPSA) is 73.0 Å². The number of rotatable bonds is 4. The summed E-state index contributed by atoms with van der Waals surface area (Å²) in [6.45, 7) is 2.29. The van der Waals surface area contributed by atoms with E-state index in [9.17, 15) is 9.59 Å². The van der Waals surface area contributed by atoms with Crippen LogP contribution in [0, 0.1) is 5.92 Å². The Morgan fingerprint density at radius 3 is 2.57 bits per heavy atom. The van der Waals surface area contributed by atoms with Crippen molar-refractivity contribution in [3.8, 4) is 11.4 Å². The third-order valence-electron chi connectivity index (χ3n) is 5.28. The zero-order valence-corrected chi connectivity index (χ0v) is 15.9. The molecule has 0 atom stereocenters. The molecule has 1 aliphatic rings. The summed E-state index contributed by atoms with van der Waals surface area (Å²) in [4.78, 5) is 30.5. The van der Waals surface area contributed by atoms with Crippen LogP contribution in [0.5, 0.6) is 0 Å². The van der Waals surface area contributed by atoms with Crippen molar-refractivity contribution < 1.29 is 4.79 Å². The van der Waals surface area contributed by atoms with Crippen molar-refractivity contribution in [2.45, 2.75) is 19.4 Å². The van der Waals surface area contributed by atoms with Crippen molar-refractivity contribution in [3.63, 3.8) is 0 Å². The van der Waals surface area contributed by atoms with Crippen LogP contribution in [-0.2, 0) is 13.6 Å². The Balaban J connectivity index is 1.39. The first-order chi connectivity index (χ1) is 13.6. The van der Waals surface area contributed by atoms with Gasteiger partial charge >= 0.3 is 0 Å². The van der Waals surface area contributed by atoms with Gasteiger partial charge in [0.05, 0.1) is 0 Å². The molecule has 0 spiro atoms. The number of carbonyl (C=O) groups excluding carboxylic acids is 1. The number of aromatic nitrogens is 4. The average Bonchev–Trinajstić information content (AvgIpc) is 3.19. The monoisotopic (exact) mass is 377 g/mol. The van der Waals surface area contributed by atoms with Gasteiger partial charge in [0.2, 0.25) is 0 Å². The molecule has 3 aromatic rings. The smallest absolute Gasteiger partial charge is 0.274 e. The van der Waals surface area contributed by atoms with Crippen molar-refractivity contribution in [1.82, 2.24) is 24.2 Å². The number of amides is 1. The van der Waals surface area contributed by atoms with Gasteiger partial charge < -0.3 is 9.47 Å². The van der Waals surface area contributed by atoms with Crippen molar-refractivity contribution in [2.24, 2.45) is 13.0 Å². The number of carbonyl (C=O) groups is 1. The summed E-state index contributed by atoms with van der Waals surface area (Å²) in [7, 11) is 1.56. The molecule has 0 N–H and O–H groups in total. The summed E-state index contributed by atoms with van der Waals surface area (Å²) in [6.07, 6.45) is 5.73. The molecular weight excluding hydrogens is 354 g/mol. The molecule has 0 radical (unpaired) electrons. The zero-order valence-electron chi connectivity index (χ0n) is 15.9. The number of hydrogen-bond acceptors (Lipinski definition) is 4. The fourth-order valence-corrected chi connectivity index (χ4v) is 3.68. The molecule has 28 heavy (non-hydrogen) atoms. The summed E-state index contributed by atoms with van der Waals surface area (Å²) in [6, 6.07) is 13.1. The van der Waals surface area contributed by atoms with Crippen molar-refractivity contribution in [2.75, 3.05) is 13.1 Å². The molecule has 1 aromatic carbocycles. The first-order valence-corrected chi connectivity index (χ1v) is 9.52. The predicted molar refractivity (Wildman–Crippen MR) is 106 cm³/mol. The molecule has 3 heterocycles. The molecule has 0 saturated carbocycles. The molecule has 0 bridgehead atoms. The fourth-order valence-electron chi connectivity index (χ4n) is 3.68. The van der Waals surface area contributed by atoms with Gasteiger partial charge in [-0.15, -0.1) is 0 Å². The normalized spacial score (nSPS) is 15.0. The highest BCUT2D eigenvalue weighted by Crippen LogP contribution is 2.23. The van der Waals surface area contributed by atoms with Crippen molar-refractivity contribution in [1.29, 1.82) is 0 Å². The van der Waals surface area contributed by atoms with Crippen LogP contribution in [-0.4, -0.2) is 43.2 Å². The second-order valence-corrected chi connectivity index (χ2v) is 7.19. The van der Waals surface area contributed by atoms with Gasteiger partial charge in [-0.25, -0.2) is 9.67 Å². The SMILES string of the molecule is Cn1nc(C(=O)N2CCC(Cn3ccnc3-c3ccccc3)CC2)ccc1=O. The van der Waals surface area contributed by atoms with Gasteiger partial charge in [-0.1, -0.05) is 30.3 Å². The number of piperidine rings is 1. The molecule has 1 saturated heterocycles. The Kier molecular flexibility index (Phi) is 5.06. The lowest BCUT2D eigenvalue weighted by atomic mass is 9.96. The largest absolute Gasteiger partial charge is 0.337 e. The molecule has 144 valence electrons. The van der Waals surface area contributed by atoms with Crippen LogP contribution in [0.3, 0.4) is 0 Å². The van der Waals surface area contributed by atoms with E-state index < -0.39 is 0 Å². The highest BCUT2D eigenvalue weighted by Gasteiger charge is 2.25. The lowest BCUT2D eigenvalue weighted by Crippen LogP contribution is -2.40. The van der Waals surface area contributed by atoms with E-state index >= 15 is 0 Å². The minimum Gasteiger partial charge on any atom is -0.337 e. The van der Waals surface area contributed by atoms with E-state index in [1.54, 1.807) is 7.05 Å². The predicted octanol–water partition coefficient (Wildman–Crippen LogP) is 2.20. The van der Waals surface area contributed by atoms with Gasteiger partial charge in [0.25, 0.3) is 11.5 Å². The minimum absolute atomic E-state index is 0.110. The van der Waals surface area contributed by atoms with E-state index in [1.807, 2.05) is 35.5 Å². The Hall–Kier alpha value is -3.22. The lowest BCUT2D eigenvalue weighted by molar-refractivity contribution is 0.0674. The summed E-state index contributed by atoms with van der Waals surface area (Å²) in [5.41, 5.74) is 1.22. The standard InChI is InChI=1S/C21H23N5O2/c1-24-19(27)8-7-18(23-24)21(28)25-12-9-16(10-13-25)15-26-14-11-22-20(26)17-5-3-2-4-6-17/h2-8,11,14,16H,9-10,12-13,15H2,1H3. The minimum atomic E-state index is -0.218. The Bertz CT molecular complexity index is 1020. The first kappa shape index (κ1) is 18.2. The van der Waals surface area contributed by atoms with Crippen LogP contribution in [0.15, 0.2) is 59.7 Å². The number of aryl methyl sites for hydroxylation is 1. The number of imidazole rings is 1. The summed E-state index contributed by atoms with van der Waals surface area (Å²) in [5, 5.41) is 4.07. The third kappa shape index (κ3) is 3.74. The van der Waals surface area contributed by atoms with Crippen LogP contribution >= 0.6 is 0 Å². The van der Waals surface area contributed by atoms with E-state index in [0.29, 0.717) is 24.7 Å². The molecule has 0 aliphatic carbocycles. The maximum Gasteiger partial charge on any atom is 0.274 e. The molecule has 2 aromatic heterocycles. The van der Waals surface area contributed by atoms with E-state index in [4.69, 9.17) is 0 Å². The second-order valence-electron chi connectivity index (χ2n) is 7.19. The van der Waals surface area contributed by atoms with Gasteiger partial charge in [0.15, 0.2) is 0 Å². The highest BCUT2D eigenvalue weighted by molar-refractivity contribution is 5.92. The van der Waals surface area contributed by atoms with Crippen molar-refractivity contribution >= 4 is 5.91 Å². The van der Waals surface area contributed by atoms with Gasteiger partial charge in [0.1, 0.15) is 11.5 Å². The van der Waals surface area contributed by atoms with Crippen LogP contribution in [0.2, 0.25) is 0 Å². The quantitative estimate of drug-likeness (QED) is 0.699. The number of nitrogens with zero attached hydrogens (tertiary/aromatic N) is 5. The Morgan fingerprint density at radius 2 is 1.86 bits per heavy atom. The molecule has 1 amide bonds. The van der Waals surface area contributed by atoms with E-state index in [-0.39, 0.29) is 11.5 Å².